The highest BCUT2D eigenvalue weighted by atomic mass is 16.5. The van der Waals surface area contributed by atoms with E-state index in [-0.39, 0.29) is 6.04 Å². The molecule has 0 saturated carbocycles. The lowest BCUT2D eigenvalue weighted by Crippen LogP contribution is -2.44. The lowest BCUT2D eigenvalue weighted by molar-refractivity contribution is 0.116. The van der Waals surface area contributed by atoms with E-state index in [1.54, 1.807) is 7.11 Å². The minimum absolute atomic E-state index is 0.240. The summed E-state index contributed by atoms with van der Waals surface area (Å²) >= 11 is 0. The summed E-state index contributed by atoms with van der Waals surface area (Å²) in [6.07, 6.45) is 0. The van der Waals surface area contributed by atoms with Gasteiger partial charge in [-0.1, -0.05) is 13.8 Å². The van der Waals surface area contributed by atoms with E-state index in [0.717, 1.165) is 19.1 Å². The molecule has 5 nitrogen and oxygen atoms in total. The van der Waals surface area contributed by atoms with Crippen molar-refractivity contribution in [1.29, 1.82) is 0 Å². The van der Waals surface area contributed by atoms with Crippen LogP contribution in [-0.2, 0) is 9.47 Å². The summed E-state index contributed by atoms with van der Waals surface area (Å²) in [5.41, 5.74) is 0. The Balaban J connectivity index is 3.91. The van der Waals surface area contributed by atoms with E-state index < -0.39 is 0 Å². The van der Waals surface area contributed by atoms with Gasteiger partial charge in [-0.15, -0.1) is 0 Å². The van der Waals surface area contributed by atoms with Gasteiger partial charge in [-0.3, -0.25) is 4.99 Å². The van der Waals surface area contributed by atoms with Crippen LogP contribution in [-0.4, -0.2) is 52.0 Å². The fourth-order valence-electron chi connectivity index (χ4n) is 1.39. The van der Waals surface area contributed by atoms with E-state index in [1.807, 2.05) is 6.92 Å². The van der Waals surface area contributed by atoms with Crippen LogP contribution >= 0.6 is 0 Å². The minimum atomic E-state index is 0.240. The molecular formula is C13H29N3O2. The average Bonchev–Trinajstić information content (AvgIpc) is 2.28. The molecule has 0 aliphatic carbocycles. The van der Waals surface area contributed by atoms with Gasteiger partial charge in [-0.2, -0.15) is 0 Å². The van der Waals surface area contributed by atoms with Gasteiger partial charge >= 0.3 is 0 Å². The van der Waals surface area contributed by atoms with Gasteiger partial charge in [-0.05, 0) is 19.8 Å². The zero-order valence-corrected chi connectivity index (χ0v) is 12.5. The molecule has 5 heteroatoms. The maximum atomic E-state index is 5.49. The smallest absolute Gasteiger partial charge is 0.191 e. The topological polar surface area (TPSA) is 54.9 Å². The van der Waals surface area contributed by atoms with Gasteiger partial charge in [-0.25, -0.2) is 0 Å². The fraction of sp³-hybridized carbons (Fsp3) is 0.923. The van der Waals surface area contributed by atoms with Crippen molar-refractivity contribution in [3.05, 3.63) is 0 Å². The van der Waals surface area contributed by atoms with E-state index >= 15 is 0 Å². The van der Waals surface area contributed by atoms with Gasteiger partial charge in [0.2, 0.25) is 0 Å². The normalized spacial score (nSPS) is 13.8. The highest BCUT2D eigenvalue weighted by molar-refractivity contribution is 5.80. The lowest BCUT2D eigenvalue weighted by Gasteiger charge is -2.17. The Kier molecular flexibility index (Phi) is 10.8. The molecule has 0 radical (unpaired) electrons. The minimum Gasteiger partial charge on any atom is -0.383 e. The molecule has 18 heavy (non-hydrogen) atoms. The highest BCUT2D eigenvalue weighted by Crippen LogP contribution is 1.91. The number of hydrogen-bond donors (Lipinski definition) is 2. The number of aliphatic imine (C=N–C) groups is 1. The number of hydrogen-bond acceptors (Lipinski definition) is 3. The summed E-state index contributed by atoms with van der Waals surface area (Å²) in [4.78, 5) is 4.45. The first-order valence-corrected chi connectivity index (χ1v) is 6.71. The van der Waals surface area contributed by atoms with Crippen molar-refractivity contribution in [3.63, 3.8) is 0 Å². The van der Waals surface area contributed by atoms with Crippen LogP contribution in [0, 0.1) is 5.92 Å². The SMILES string of the molecule is CCNC(=NCCOCC(C)C)NC(C)COC. The van der Waals surface area contributed by atoms with E-state index in [1.165, 1.54) is 0 Å². The van der Waals surface area contributed by atoms with Gasteiger partial charge in [0.25, 0.3) is 0 Å². The van der Waals surface area contributed by atoms with Gasteiger partial charge in [0.15, 0.2) is 5.96 Å². The monoisotopic (exact) mass is 259 g/mol. The molecule has 0 spiro atoms. The summed E-state index contributed by atoms with van der Waals surface area (Å²) in [6.45, 7) is 12.0. The van der Waals surface area contributed by atoms with Crippen LogP contribution in [0.4, 0.5) is 0 Å². The molecule has 1 atom stereocenters. The van der Waals surface area contributed by atoms with Crippen LogP contribution in [0.25, 0.3) is 0 Å². The molecular weight excluding hydrogens is 230 g/mol. The van der Waals surface area contributed by atoms with Crippen LogP contribution in [0.2, 0.25) is 0 Å². The molecule has 0 amide bonds. The number of ether oxygens (including phenoxy) is 2. The third kappa shape index (κ3) is 10.4. The number of rotatable bonds is 9. The first-order valence-electron chi connectivity index (χ1n) is 6.71. The second-order valence-electron chi connectivity index (χ2n) is 4.73. The van der Waals surface area contributed by atoms with E-state index in [0.29, 0.717) is 25.7 Å². The molecule has 0 aromatic rings. The summed E-state index contributed by atoms with van der Waals surface area (Å²) in [5.74, 6) is 1.39. The maximum Gasteiger partial charge on any atom is 0.191 e. The summed E-state index contributed by atoms with van der Waals surface area (Å²) < 4.78 is 10.6. The number of nitrogens with one attached hydrogen (secondary N) is 2. The second kappa shape index (κ2) is 11.3. The van der Waals surface area contributed by atoms with E-state index in [9.17, 15) is 0 Å². The third-order valence-corrected chi connectivity index (χ3v) is 2.10. The summed E-state index contributed by atoms with van der Waals surface area (Å²) in [5, 5.41) is 6.48. The molecule has 0 aliphatic heterocycles. The van der Waals surface area contributed by atoms with E-state index in [4.69, 9.17) is 9.47 Å². The fourth-order valence-corrected chi connectivity index (χ4v) is 1.39. The van der Waals surface area contributed by atoms with Crippen molar-refractivity contribution in [2.24, 2.45) is 10.9 Å². The van der Waals surface area contributed by atoms with Crippen molar-refractivity contribution in [1.82, 2.24) is 10.6 Å². The number of nitrogens with zero attached hydrogens (tertiary/aromatic N) is 1. The van der Waals surface area contributed by atoms with Gasteiger partial charge in [0.05, 0.1) is 19.8 Å². The quantitative estimate of drug-likeness (QED) is 0.372. The number of guanidine groups is 1. The van der Waals surface area contributed by atoms with Gasteiger partial charge in [0, 0.05) is 26.3 Å². The Morgan fingerprint density at radius 1 is 1.22 bits per heavy atom. The number of methoxy groups -OCH3 is 1. The zero-order chi connectivity index (χ0) is 13.8. The Hall–Kier alpha value is -0.810. The molecule has 2 N–H and O–H groups in total. The second-order valence-corrected chi connectivity index (χ2v) is 4.73. The van der Waals surface area contributed by atoms with Crippen molar-refractivity contribution in [2.45, 2.75) is 33.7 Å². The molecule has 0 bridgehead atoms. The molecule has 0 fully saturated rings. The zero-order valence-electron chi connectivity index (χ0n) is 12.5. The first kappa shape index (κ1) is 17.2. The molecule has 0 rings (SSSR count). The Bertz CT molecular complexity index is 220. The maximum absolute atomic E-state index is 5.49. The average molecular weight is 259 g/mol. The van der Waals surface area contributed by atoms with Crippen molar-refractivity contribution in [2.75, 3.05) is 40.0 Å². The molecule has 1 unspecified atom stereocenters. The van der Waals surface area contributed by atoms with Crippen LogP contribution < -0.4 is 10.6 Å². The Morgan fingerprint density at radius 3 is 2.50 bits per heavy atom. The Morgan fingerprint density at radius 2 is 1.94 bits per heavy atom. The van der Waals surface area contributed by atoms with Crippen molar-refractivity contribution >= 4 is 5.96 Å². The Labute approximate surface area is 111 Å². The first-order chi connectivity index (χ1) is 8.60. The van der Waals surface area contributed by atoms with Crippen LogP contribution in [0.3, 0.4) is 0 Å². The molecule has 0 aromatic carbocycles. The third-order valence-electron chi connectivity index (χ3n) is 2.10. The van der Waals surface area contributed by atoms with E-state index in [2.05, 4.69) is 36.4 Å². The summed E-state index contributed by atoms with van der Waals surface area (Å²) in [6, 6.07) is 0.240. The van der Waals surface area contributed by atoms with Crippen LogP contribution in [0.5, 0.6) is 0 Å². The van der Waals surface area contributed by atoms with Gasteiger partial charge in [0.1, 0.15) is 0 Å². The molecule has 0 aromatic heterocycles. The largest absolute Gasteiger partial charge is 0.383 e. The van der Waals surface area contributed by atoms with Crippen molar-refractivity contribution < 1.29 is 9.47 Å². The van der Waals surface area contributed by atoms with Crippen molar-refractivity contribution in [3.8, 4) is 0 Å². The molecule has 0 saturated heterocycles. The lowest BCUT2D eigenvalue weighted by atomic mass is 10.2. The van der Waals surface area contributed by atoms with Crippen LogP contribution in [0.1, 0.15) is 27.7 Å². The predicted molar refractivity (Wildman–Crippen MR) is 76.1 cm³/mol. The summed E-state index contributed by atoms with van der Waals surface area (Å²) in [7, 11) is 1.70. The van der Waals surface area contributed by atoms with Gasteiger partial charge < -0.3 is 20.1 Å². The highest BCUT2D eigenvalue weighted by Gasteiger charge is 2.03. The predicted octanol–water partition coefficient (Wildman–Crippen LogP) is 1.25. The molecule has 108 valence electrons. The molecule has 0 heterocycles. The van der Waals surface area contributed by atoms with Crippen LogP contribution in [0.15, 0.2) is 4.99 Å². The molecule has 0 aliphatic rings. The standard InChI is InChI=1S/C13H29N3O2/c1-6-14-13(16-12(4)10-17-5)15-7-8-18-9-11(2)3/h11-12H,6-10H2,1-5H3,(H2,14,15,16).